The monoisotopic (exact) mass is 345 g/mol. The van der Waals surface area contributed by atoms with Crippen molar-refractivity contribution >= 4 is 11.7 Å². The number of ether oxygens (including phenoxy) is 1. The van der Waals surface area contributed by atoms with E-state index in [1.165, 1.54) is 0 Å². The highest BCUT2D eigenvalue weighted by Crippen LogP contribution is 2.31. The number of carbonyl (C=O) groups excluding carboxylic acids is 2. The van der Waals surface area contributed by atoms with E-state index in [0.717, 1.165) is 38.2 Å². The Morgan fingerprint density at radius 2 is 1.96 bits per heavy atom. The standard InChI is InChI=1S/C19H27N3O3/c1-14(23)15-3-5-18(6-4-15)25-10-2-9-21-12-17-11-16(21)13-22(17)19(24)7-8-20/h3-6,16-17H,2,7-13,20H2,1H3/t16-,17-/m1/s1. The van der Waals surface area contributed by atoms with E-state index in [9.17, 15) is 9.59 Å². The van der Waals surface area contributed by atoms with Gasteiger partial charge in [-0.3, -0.25) is 14.5 Å². The van der Waals surface area contributed by atoms with Crippen LogP contribution in [0.3, 0.4) is 0 Å². The molecule has 2 atom stereocenters. The molecule has 2 fully saturated rings. The largest absolute Gasteiger partial charge is 0.494 e. The lowest BCUT2D eigenvalue weighted by Crippen LogP contribution is -2.49. The number of Topliss-reactive ketones (excluding diaryl/α,β-unsaturated/α-hetero) is 1. The molecule has 1 aromatic carbocycles. The van der Waals surface area contributed by atoms with Crippen molar-refractivity contribution in [1.82, 2.24) is 9.80 Å². The number of benzene rings is 1. The van der Waals surface area contributed by atoms with Gasteiger partial charge in [-0.1, -0.05) is 0 Å². The first kappa shape index (κ1) is 17.9. The van der Waals surface area contributed by atoms with Crippen molar-refractivity contribution in [2.24, 2.45) is 5.73 Å². The Hall–Kier alpha value is -1.92. The van der Waals surface area contributed by atoms with Gasteiger partial charge in [-0.25, -0.2) is 0 Å². The van der Waals surface area contributed by atoms with Crippen LogP contribution < -0.4 is 10.5 Å². The summed E-state index contributed by atoms with van der Waals surface area (Å²) in [5, 5.41) is 0. The number of hydrogen-bond donors (Lipinski definition) is 1. The van der Waals surface area contributed by atoms with Gasteiger partial charge in [0.1, 0.15) is 5.75 Å². The lowest BCUT2D eigenvalue weighted by Gasteiger charge is -2.34. The summed E-state index contributed by atoms with van der Waals surface area (Å²) in [4.78, 5) is 27.7. The molecule has 2 aliphatic rings. The highest BCUT2D eigenvalue weighted by Gasteiger charge is 2.44. The molecule has 0 aliphatic carbocycles. The van der Waals surface area contributed by atoms with Gasteiger partial charge in [0.25, 0.3) is 0 Å². The molecule has 25 heavy (non-hydrogen) atoms. The summed E-state index contributed by atoms with van der Waals surface area (Å²) in [7, 11) is 0. The van der Waals surface area contributed by atoms with Crippen LogP contribution in [0.15, 0.2) is 24.3 Å². The van der Waals surface area contributed by atoms with Crippen LogP contribution in [-0.4, -0.2) is 66.4 Å². The Balaban J connectivity index is 1.37. The molecule has 2 bridgehead atoms. The lowest BCUT2D eigenvalue weighted by atomic mass is 10.1. The number of nitrogens with zero attached hydrogens (tertiary/aromatic N) is 2. The maximum absolute atomic E-state index is 12.0. The van der Waals surface area contributed by atoms with E-state index in [-0.39, 0.29) is 11.7 Å². The van der Waals surface area contributed by atoms with Crippen molar-refractivity contribution in [2.45, 2.75) is 38.3 Å². The number of piperazine rings is 1. The summed E-state index contributed by atoms with van der Waals surface area (Å²) in [6.45, 7) is 5.45. The quantitative estimate of drug-likeness (QED) is 0.568. The minimum absolute atomic E-state index is 0.0645. The molecule has 0 spiro atoms. The number of carbonyl (C=O) groups is 2. The van der Waals surface area contributed by atoms with Gasteiger partial charge < -0.3 is 15.4 Å². The minimum atomic E-state index is 0.0645. The molecule has 2 N–H and O–H groups in total. The average Bonchev–Trinajstić information content (AvgIpc) is 3.19. The second-order valence-corrected chi connectivity index (χ2v) is 6.91. The molecule has 2 saturated heterocycles. The summed E-state index contributed by atoms with van der Waals surface area (Å²) in [6.07, 6.45) is 2.50. The first-order valence-electron chi connectivity index (χ1n) is 9.06. The maximum atomic E-state index is 12.0. The van der Waals surface area contributed by atoms with Gasteiger partial charge in [-0.05, 0) is 44.0 Å². The maximum Gasteiger partial charge on any atom is 0.224 e. The molecule has 0 saturated carbocycles. The van der Waals surface area contributed by atoms with Crippen LogP contribution in [0.2, 0.25) is 0 Å². The minimum Gasteiger partial charge on any atom is -0.494 e. The number of likely N-dealkylation sites (tertiary alicyclic amines) is 2. The van der Waals surface area contributed by atoms with Crippen molar-refractivity contribution < 1.29 is 14.3 Å². The first-order valence-corrected chi connectivity index (χ1v) is 9.06. The van der Waals surface area contributed by atoms with Gasteiger partial charge in [0.2, 0.25) is 5.91 Å². The number of hydrogen-bond acceptors (Lipinski definition) is 5. The molecule has 136 valence electrons. The van der Waals surface area contributed by atoms with Crippen molar-refractivity contribution in [3.63, 3.8) is 0 Å². The number of amides is 1. The van der Waals surface area contributed by atoms with Crippen molar-refractivity contribution in [1.29, 1.82) is 0 Å². The fraction of sp³-hybridized carbons (Fsp3) is 0.579. The van der Waals surface area contributed by atoms with Crippen LogP contribution >= 0.6 is 0 Å². The summed E-state index contributed by atoms with van der Waals surface area (Å²) >= 11 is 0. The van der Waals surface area contributed by atoms with Gasteiger partial charge in [-0.2, -0.15) is 0 Å². The Kier molecular flexibility index (Phi) is 5.71. The fourth-order valence-corrected chi connectivity index (χ4v) is 3.84. The second kappa shape index (κ2) is 7.97. The van der Waals surface area contributed by atoms with Crippen LogP contribution in [0.5, 0.6) is 5.75 Å². The third-order valence-electron chi connectivity index (χ3n) is 5.15. The van der Waals surface area contributed by atoms with Crippen LogP contribution in [0.4, 0.5) is 0 Å². The zero-order valence-corrected chi connectivity index (χ0v) is 14.8. The summed E-state index contributed by atoms with van der Waals surface area (Å²) in [6, 6.07) is 8.13. The zero-order chi connectivity index (χ0) is 17.8. The molecule has 1 amide bonds. The molecular formula is C19H27N3O3. The van der Waals surface area contributed by atoms with Gasteiger partial charge in [0.15, 0.2) is 5.78 Å². The molecule has 0 unspecified atom stereocenters. The van der Waals surface area contributed by atoms with Crippen molar-refractivity contribution in [2.75, 3.05) is 32.8 Å². The van der Waals surface area contributed by atoms with E-state index < -0.39 is 0 Å². The number of rotatable bonds is 8. The highest BCUT2D eigenvalue weighted by atomic mass is 16.5. The van der Waals surface area contributed by atoms with Gasteiger partial charge >= 0.3 is 0 Å². The smallest absolute Gasteiger partial charge is 0.224 e. The third-order valence-corrected chi connectivity index (χ3v) is 5.15. The number of ketones is 1. The van der Waals surface area contributed by atoms with E-state index in [0.29, 0.717) is 37.2 Å². The molecule has 0 aromatic heterocycles. The molecule has 6 heteroatoms. The predicted molar refractivity (Wildman–Crippen MR) is 95.7 cm³/mol. The van der Waals surface area contributed by atoms with E-state index in [4.69, 9.17) is 10.5 Å². The third kappa shape index (κ3) is 4.19. The van der Waals surface area contributed by atoms with Crippen LogP contribution in [0.25, 0.3) is 0 Å². The molecule has 2 aliphatic heterocycles. The Morgan fingerprint density at radius 3 is 2.56 bits per heavy atom. The van der Waals surface area contributed by atoms with E-state index in [1.807, 2.05) is 17.0 Å². The first-order chi connectivity index (χ1) is 12.1. The summed E-state index contributed by atoms with van der Waals surface area (Å²) in [5.41, 5.74) is 6.19. The molecule has 2 heterocycles. The van der Waals surface area contributed by atoms with Gasteiger partial charge in [-0.15, -0.1) is 0 Å². The SMILES string of the molecule is CC(=O)c1ccc(OCCCN2C[C@H]3C[C@@H]2CN3C(=O)CCN)cc1. The molecule has 1 aromatic rings. The van der Waals surface area contributed by atoms with Crippen LogP contribution in [-0.2, 0) is 4.79 Å². The second-order valence-electron chi connectivity index (χ2n) is 6.91. The zero-order valence-electron chi connectivity index (χ0n) is 14.8. The molecule has 0 radical (unpaired) electrons. The lowest BCUT2D eigenvalue weighted by molar-refractivity contribution is -0.133. The summed E-state index contributed by atoms with van der Waals surface area (Å²) < 4.78 is 5.76. The van der Waals surface area contributed by atoms with E-state index in [2.05, 4.69) is 4.90 Å². The average molecular weight is 345 g/mol. The predicted octanol–water partition coefficient (Wildman–Crippen LogP) is 1.29. The Bertz CT molecular complexity index is 617. The number of fused-ring (bicyclic) bond motifs is 2. The summed E-state index contributed by atoms with van der Waals surface area (Å²) in [5.74, 6) is 1.06. The van der Waals surface area contributed by atoms with E-state index >= 15 is 0 Å². The van der Waals surface area contributed by atoms with E-state index in [1.54, 1.807) is 19.1 Å². The van der Waals surface area contributed by atoms with Crippen molar-refractivity contribution in [3.8, 4) is 5.75 Å². The Labute approximate surface area is 148 Å². The fourth-order valence-electron chi connectivity index (χ4n) is 3.84. The van der Waals surface area contributed by atoms with Gasteiger partial charge in [0.05, 0.1) is 6.61 Å². The topological polar surface area (TPSA) is 75.9 Å². The Morgan fingerprint density at radius 1 is 1.20 bits per heavy atom. The van der Waals surface area contributed by atoms with Crippen LogP contribution in [0, 0.1) is 0 Å². The van der Waals surface area contributed by atoms with Gasteiger partial charge in [0, 0.05) is 50.2 Å². The highest BCUT2D eigenvalue weighted by molar-refractivity contribution is 5.94. The number of nitrogens with two attached hydrogens (primary N) is 1. The normalized spacial score (nSPS) is 22.4. The molecule has 3 rings (SSSR count). The van der Waals surface area contributed by atoms with Crippen LogP contribution in [0.1, 0.15) is 36.5 Å². The van der Waals surface area contributed by atoms with Crippen molar-refractivity contribution in [3.05, 3.63) is 29.8 Å². The molecular weight excluding hydrogens is 318 g/mol. The molecule has 6 nitrogen and oxygen atoms in total.